The third-order valence-electron chi connectivity index (χ3n) is 7.06. The molecule has 2 heterocycles. The lowest BCUT2D eigenvalue weighted by atomic mass is 10.0. The molecule has 8 heteroatoms. The molecule has 0 bridgehead atoms. The van der Waals surface area contributed by atoms with E-state index in [1.54, 1.807) is 24.3 Å². The average Bonchev–Trinajstić information content (AvgIpc) is 3.42. The molecule has 0 spiro atoms. The number of carbonyl (C=O) groups is 1. The lowest BCUT2D eigenvalue weighted by Crippen LogP contribution is -2.46. The number of hydrogen-bond donors (Lipinski definition) is 3. The van der Waals surface area contributed by atoms with Crippen LogP contribution in [0.1, 0.15) is 29.0 Å². The number of imidazole rings is 1. The average molecular weight is 530 g/mol. The Morgan fingerprint density at radius 3 is 2.02 bits per heavy atom. The number of carbonyl (C=O) groups excluding carboxylic acids is 1. The molecule has 2 unspecified atom stereocenters. The van der Waals surface area contributed by atoms with E-state index in [9.17, 15) is 14.4 Å². The van der Waals surface area contributed by atoms with E-state index in [1.165, 1.54) is 0 Å². The molecule has 0 radical (unpaired) electrons. The number of benzene rings is 4. The first-order valence-corrected chi connectivity index (χ1v) is 13.1. The SMILES string of the molecule is O=C(NC(Cc1ccccc1)c1nc2ccccc2[nH]1)C(Cc1ccccc1)n1c(=O)[nH]c2ccccc2c1=O. The number of H-pyrrole nitrogens is 2. The number of nitrogens with zero attached hydrogens (tertiary/aromatic N) is 2. The molecule has 0 aliphatic rings. The van der Waals surface area contributed by atoms with Gasteiger partial charge in [0, 0.05) is 6.42 Å². The predicted octanol–water partition coefficient (Wildman–Crippen LogP) is 4.45. The van der Waals surface area contributed by atoms with Crippen LogP contribution in [0.4, 0.5) is 0 Å². The van der Waals surface area contributed by atoms with Crippen molar-refractivity contribution in [3.63, 3.8) is 0 Å². The summed E-state index contributed by atoms with van der Waals surface area (Å²) in [5.41, 5.74) is 2.75. The first kappa shape index (κ1) is 25.1. The van der Waals surface area contributed by atoms with Gasteiger partial charge in [0.1, 0.15) is 11.9 Å². The molecule has 40 heavy (non-hydrogen) atoms. The molecular formula is C32H27N5O3. The number of para-hydroxylation sites is 3. The molecule has 0 saturated heterocycles. The molecule has 198 valence electrons. The monoisotopic (exact) mass is 529 g/mol. The number of hydrogen-bond acceptors (Lipinski definition) is 4. The number of aromatic amines is 2. The minimum Gasteiger partial charge on any atom is -0.344 e. The smallest absolute Gasteiger partial charge is 0.329 e. The summed E-state index contributed by atoms with van der Waals surface area (Å²) in [5, 5.41) is 3.46. The second kappa shape index (κ2) is 10.9. The Hall–Kier alpha value is -5.24. The van der Waals surface area contributed by atoms with E-state index in [0.717, 1.165) is 26.7 Å². The maximum absolute atomic E-state index is 14.1. The van der Waals surface area contributed by atoms with Crippen molar-refractivity contribution in [2.45, 2.75) is 24.9 Å². The summed E-state index contributed by atoms with van der Waals surface area (Å²) in [7, 11) is 0. The van der Waals surface area contributed by atoms with Gasteiger partial charge in [-0.05, 0) is 41.8 Å². The molecule has 2 aromatic heterocycles. The van der Waals surface area contributed by atoms with Gasteiger partial charge in [0.15, 0.2) is 0 Å². The Labute approximate surface area is 229 Å². The fourth-order valence-electron chi connectivity index (χ4n) is 5.07. The highest BCUT2D eigenvalue weighted by Gasteiger charge is 2.29. The molecular weight excluding hydrogens is 502 g/mol. The van der Waals surface area contributed by atoms with E-state index in [2.05, 4.69) is 15.3 Å². The summed E-state index contributed by atoms with van der Waals surface area (Å²) in [5.74, 6) is 0.143. The van der Waals surface area contributed by atoms with Crippen molar-refractivity contribution in [1.82, 2.24) is 24.8 Å². The zero-order valence-corrected chi connectivity index (χ0v) is 21.6. The van der Waals surface area contributed by atoms with Gasteiger partial charge in [0.25, 0.3) is 5.56 Å². The topological polar surface area (TPSA) is 113 Å². The van der Waals surface area contributed by atoms with E-state index in [0.29, 0.717) is 23.1 Å². The third kappa shape index (κ3) is 5.07. The largest absolute Gasteiger partial charge is 0.344 e. The molecule has 0 aliphatic heterocycles. The molecule has 3 N–H and O–H groups in total. The van der Waals surface area contributed by atoms with Gasteiger partial charge in [-0.3, -0.25) is 9.59 Å². The Balaban J connectivity index is 1.42. The molecule has 0 fully saturated rings. The minimum absolute atomic E-state index is 0.159. The van der Waals surface area contributed by atoms with Gasteiger partial charge in [0.05, 0.1) is 28.0 Å². The van der Waals surface area contributed by atoms with Gasteiger partial charge in [-0.15, -0.1) is 0 Å². The van der Waals surface area contributed by atoms with Crippen LogP contribution in [-0.4, -0.2) is 25.4 Å². The van der Waals surface area contributed by atoms with Gasteiger partial charge >= 0.3 is 5.69 Å². The molecule has 8 nitrogen and oxygen atoms in total. The van der Waals surface area contributed by atoms with Crippen molar-refractivity contribution in [2.75, 3.05) is 0 Å². The van der Waals surface area contributed by atoms with Gasteiger partial charge < -0.3 is 15.3 Å². The fourth-order valence-corrected chi connectivity index (χ4v) is 5.07. The van der Waals surface area contributed by atoms with Crippen LogP contribution in [0.3, 0.4) is 0 Å². The van der Waals surface area contributed by atoms with Gasteiger partial charge in [-0.25, -0.2) is 14.3 Å². The summed E-state index contributed by atoms with van der Waals surface area (Å²) < 4.78 is 1.03. The maximum atomic E-state index is 14.1. The van der Waals surface area contributed by atoms with Crippen molar-refractivity contribution in [2.24, 2.45) is 0 Å². The van der Waals surface area contributed by atoms with Crippen LogP contribution >= 0.6 is 0 Å². The molecule has 0 aliphatic carbocycles. The normalized spacial score (nSPS) is 12.8. The first-order valence-electron chi connectivity index (χ1n) is 13.1. The van der Waals surface area contributed by atoms with E-state index < -0.39 is 29.2 Å². The number of fused-ring (bicyclic) bond motifs is 2. The predicted molar refractivity (Wildman–Crippen MR) is 155 cm³/mol. The number of amides is 1. The highest BCUT2D eigenvalue weighted by molar-refractivity contribution is 5.83. The second-order valence-corrected chi connectivity index (χ2v) is 9.75. The molecule has 0 saturated carbocycles. The van der Waals surface area contributed by atoms with E-state index >= 15 is 0 Å². The number of nitrogens with one attached hydrogen (secondary N) is 3. The Morgan fingerprint density at radius 2 is 1.32 bits per heavy atom. The summed E-state index contributed by atoms with van der Waals surface area (Å²) in [6, 6.07) is 32.0. The highest BCUT2D eigenvalue weighted by atomic mass is 16.2. The zero-order chi connectivity index (χ0) is 27.5. The summed E-state index contributed by atoms with van der Waals surface area (Å²) in [6.45, 7) is 0. The van der Waals surface area contributed by atoms with Crippen LogP contribution in [0.5, 0.6) is 0 Å². The van der Waals surface area contributed by atoms with Crippen LogP contribution < -0.4 is 16.6 Å². The van der Waals surface area contributed by atoms with Crippen LogP contribution in [-0.2, 0) is 17.6 Å². The number of aromatic nitrogens is 4. The first-order chi connectivity index (χ1) is 19.6. The second-order valence-electron chi connectivity index (χ2n) is 9.75. The van der Waals surface area contributed by atoms with Crippen LogP contribution in [0, 0.1) is 0 Å². The maximum Gasteiger partial charge on any atom is 0.329 e. The van der Waals surface area contributed by atoms with E-state index in [4.69, 9.17) is 4.98 Å². The highest BCUT2D eigenvalue weighted by Crippen LogP contribution is 2.22. The molecule has 1 amide bonds. The summed E-state index contributed by atoms with van der Waals surface area (Å²) in [4.78, 5) is 51.8. The molecule has 6 rings (SSSR count). The van der Waals surface area contributed by atoms with E-state index in [-0.39, 0.29) is 6.42 Å². The molecule has 2 atom stereocenters. The van der Waals surface area contributed by atoms with Crippen LogP contribution in [0.2, 0.25) is 0 Å². The van der Waals surface area contributed by atoms with Crippen molar-refractivity contribution in [3.8, 4) is 0 Å². The van der Waals surface area contributed by atoms with E-state index in [1.807, 2.05) is 84.9 Å². The van der Waals surface area contributed by atoms with Gasteiger partial charge in [-0.2, -0.15) is 0 Å². The Bertz CT molecular complexity index is 1880. The third-order valence-corrected chi connectivity index (χ3v) is 7.06. The van der Waals surface area contributed by atoms with Crippen molar-refractivity contribution in [1.29, 1.82) is 0 Å². The molecule has 6 aromatic rings. The van der Waals surface area contributed by atoms with Crippen molar-refractivity contribution < 1.29 is 4.79 Å². The Morgan fingerprint density at radius 1 is 0.725 bits per heavy atom. The minimum atomic E-state index is -1.09. The summed E-state index contributed by atoms with van der Waals surface area (Å²) in [6.07, 6.45) is 0.625. The lowest BCUT2D eigenvalue weighted by molar-refractivity contribution is -0.125. The lowest BCUT2D eigenvalue weighted by Gasteiger charge is -2.23. The van der Waals surface area contributed by atoms with Crippen molar-refractivity contribution in [3.05, 3.63) is 147 Å². The van der Waals surface area contributed by atoms with Gasteiger partial charge in [-0.1, -0.05) is 84.9 Å². The zero-order valence-electron chi connectivity index (χ0n) is 21.6. The number of rotatable bonds is 8. The Kier molecular flexibility index (Phi) is 6.80. The summed E-state index contributed by atoms with van der Waals surface area (Å²) >= 11 is 0. The quantitative estimate of drug-likeness (QED) is 0.270. The fraction of sp³-hybridized carbons (Fsp3) is 0.125. The van der Waals surface area contributed by atoms with Crippen LogP contribution in [0.25, 0.3) is 21.9 Å². The van der Waals surface area contributed by atoms with Gasteiger partial charge in [0.2, 0.25) is 5.91 Å². The standard InChI is InChI=1S/C32H27N5O3/c38-30(35-27(19-21-11-3-1-4-12-21)29-33-25-17-9-10-18-26(25)34-29)28(20-22-13-5-2-6-14-22)37-31(39)23-15-7-8-16-24(23)36-32(37)40/h1-18,27-28H,19-20H2,(H,33,34)(H,35,38)(H,36,40). The van der Waals surface area contributed by atoms with Crippen molar-refractivity contribution >= 4 is 27.8 Å². The molecule has 4 aromatic carbocycles. The van der Waals surface area contributed by atoms with Crippen LogP contribution in [0.15, 0.2) is 119 Å².